The summed E-state index contributed by atoms with van der Waals surface area (Å²) >= 11 is 5.68. The predicted octanol–water partition coefficient (Wildman–Crippen LogP) is 3.06. The Morgan fingerprint density at radius 1 is 1.08 bits per heavy atom. The molecule has 0 atom stereocenters. The molecule has 0 amide bonds. The van der Waals surface area contributed by atoms with Crippen molar-refractivity contribution in [1.29, 1.82) is 0 Å². The van der Waals surface area contributed by atoms with Crippen molar-refractivity contribution < 1.29 is 22.3 Å². The van der Waals surface area contributed by atoms with Crippen LogP contribution in [0.1, 0.15) is 16.7 Å². The molecule has 24 heavy (non-hydrogen) atoms. The molecule has 0 saturated heterocycles. The third kappa shape index (κ3) is 3.34. The second kappa shape index (κ2) is 6.75. The average molecular weight is 367 g/mol. The first-order valence-corrected chi connectivity index (χ1v) is 8.76. The van der Waals surface area contributed by atoms with Crippen LogP contribution in [0.5, 0.6) is 0 Å². The van der Waals surface area contributed by atoms with E-state index in [1.807, 2.05) is 0 Å². The monoisotopic (exact) mass is 366 g/mol. The first-order valence-electron chi connectivity index (χ1n) is 7.02. The standard InChI is InChI=1S/C17H12ClFO4S/c18-14-6-5-12(7-15(14)19)16-13(8-23-17(16)20)11-3-1-10(2-4-11)9-24(21)22/h1-7,24H,8-9H2. The topological polar surface area (TPSA) is 60.4 Å². The summed E-state index contributed by atoms with van der Waals surface area (Å²) in [5.74, 6) is -1.19. The van der Waals surface area contributed by atoms with Gasteiger partial charge in [-0.3, -0.25) is 0 Å². The lowest BCUT2D eigenvalue weighted by Crippen LogP contribution is -1.99. The molecule has 0 unspecified atom stereocenters. The van der Waals surface area contributed by atoms with Gasteiger partial charge in [0, 0.05) is 5.57 Å². The SMILES string of the molecule is O=C1OCC(c2ccc(C[SH](=O)=O)cc2)=C1c1ccc(Cl)c(F)c1. The fraction of sp³-hybridized carbons (Fsp3) is 0.118. The van der Waals surface area contributed by atoms with E-state index in [0.29, 0.717) is 16.7 Å². The molecular formula is C17H12ClFO4S. The number of cyclic esters (lactones) is 1. The molecule has 7 heteroatoms. The van der Waals surface area contributed by atoms with E-state index in [1.165, 1.54) is 12.1 Å². The van der Waals surface area contributed by atoms with Crippen molar-refractivity contribution in [3.05, 3.63) is 70.0 Å². The zero-order chi connectivity index (χ0) is 17.3. The van der Waals surface area contributed by atoms with Gasteiger partial charge in [0.1, 0.15) is 23.1 Å². The van der Waals surface area contributed by atoms with Gasteiger partial charge in [-0.2, -0.15) is 0 Å². The smallest absolute Gasteiger partial charge is 0.339 e. The minimum Gasteiger partial charge on any atom is -0.457 e. The third-order valence-electron chi connectivity index (χ3n) is 3.68. The van der Waals surface area contributed by atoms with Gasteiger partial charge in [0.25, 0.3) is 0 Å². The number of ether oxygens (including phenoxy) is 1. The molecule has 0 spiro atoms. The fourth-order valence-electron chi connectivity index (χ4n) is 2.54. The molecule has 0 radical (unpaired) electrons. The lowest BCUT2D eigenvalue weighted by atomic mass is 9.96. The summed E-state index contributed by atoms with van der Waals surface area (Å²) in [6.45, 7) is 0.0770. The maximum atomic E-state index is 13.7. The van der Waals surface area contributed by atoms with Gasteiger partial charge in [0.05, 0.1) is 16.3 Å². The maximum absolute atomic E-state index is 13.7. The summed E-state index contributed by atoms with van der Waals surface area (Å²) in [5, 5.41) is -0.0247. The quantitative estimate of drug-likeness (QED) is 0.667. The Morgan fingerprint density at radius 2 is 1.75 bits per heavy atom. The first kappa shape index (κ1) is 16.7. The zero-order valence-electron chi connectivity index (χ0n) is 12.3. The number of hydrogen-bond donors (Lipinski definition) is 1. The molecule has 1 aliphatic rings. The van der Waals surface area contributed by atoms with Crippen LogP contribution in [-0.2, 0) is 26.0 Å². The second-order valence-corrected chi connectivity index (χ2v) is 6.64. The molecule has 1 aliphatic heterocycles. The first-order chi connectivity index (χ1) is 11.5. The number of thiol groups is 1. The van der Waals surface area contributed by atoms with Crippen molar-refractivity contribution in [2.45, 2.75) is 5.75 Å². The number of benzene rings is 2. The van der Waals surface area contributed by atoms with Gasteiger partial charge < -0.3 is 4.74 Å². The van der Waals surface area contributed by atoms with Crippen LogP contribution in [0.25, 0.3) is 11.1 Å². The van der Waals surface area contributed by atoms with E-state index in [4.69, 9.17) is 16.3 Å². The van der Waals surface area contributed by atoms with Gasteiger partial charge >= 0.3 is 5.97 Å². The van der Waals surface area contributed by atoms with E-state index in [9.17, 15) is 17.6 Å². The molecule has 0 aliphatic carbocycles. The van der Waals surface area contributed by atoms with Gasteiger partial charge in [0.15, 0.2) is 0 Å². The number of halogens is 2. The minimum atomic E-state index is -2.50. The number of carbonyl (C=O) groups excluding carboxylic acids is 1. The average Bonchev–Trinajstić information content (AvgIpc) is 2.92. The highest BCUT2D eigenvalue weighted by atomic mass is 35.5. The molecule has 124 valence electrons. The Balaban J connectivity index is 2.04. The van der Waals surface area contributed by atoms with Crippen molar-refractivity contribution in [1.82, 2.24) is 0 Å². The normalized spacial score (nSPS) is 14.4. The van der Waals surface area contributed by atoms with Crippen LogP contribution in [0.2, 0.25) is 5.02 Å². The van der Waals surface area contributed by atoms with E-state index in [-0.39, 0.29) is 23.0 Å². The van der Waals surface area contributed by atoms with E-state index in [2.05, 4.69) is 0 Å². The van der Waals surface area contributed by atoms with Crippen LogP contribution in [0, 0.1) is 5.82 Å². The second-order valence-electron chi connectivity index (χ2n) is 5.25. The molecule has 0 aromatic heterocycles. The number of esters is 1. The lowest BCUT2D eigenvalue weighted by molar-refractivity contribution is -0.133. The van der Waals surface area contributed by atoms with Crippen LogP contribution >= 0.6 is 11.6 Å². The molecular weight excluding hydrogens is 355 g/mol. The highest BCUT2D eigenvalue weighted by molar-refractivity contribution is 7.71. The molecule has 3 rings (SSSR count). The Labute approximate surface area is 144 Å². The minimum absolute atomic E-state index is 0.0247. The van der Waals surface area contributed by atoms with Crippen molar-refractivity contribution in [3.63, 3.8) is 0 Å². The molecule has 2 aromatic rings. The van der Waals surface area contributed by atoms with E-state index in [0.717, 1.165) is 5.56 Å². The van der Waals surface area contributed by atoms with Crippen molar-refractivity contribution in [3.8, 4) is 0 Å². The summed E-state index contributed by atoms with van der Waals surface area (Å²) < 4.78 is 40.3. The zero-order valence-corrected chi connectivity index (χ0v) is 13.9. The molecule has 0 saturated carbocycles. The van der Waals surface area contributed by atoms with Gasteiger partial charge in [-0.1, -0.05) is 41.9 Å². The number of carbonyl (C=O) groups is 1. The number of rotatable bonds is 4. The largest absolute Gasteiger partial charge is 0.457 e. The highest BCUT2D eigenvalue weighted by Crippen LogP contribution is 2.34. The van der Waals surface area contributed by atoms with Gasteiger partial charge in [-0.05, 0) is 28.8 Å². The predicted molar refractivity (Wildman–Crippen MR) is 89.6 cm³/mol. The van der Waals surface area contributed by atoms with Gasteiger partial charge in [-0.25, -0.2) is 17.6 Å². The molecule has 2 aromatic carbocycles. The van der Waals surface area contributed by atoms with Crippen molar-refractivity contribution >= 4 is 39.4 Å². The Hall–Kier alpha value is -2.18. The molecule has 1 heterocycles. The van der Waals surface area contributed by atoms with E-state index in [1.54, 1.807) is 30.3 Å². The lowest BCUT2D eigenvalue weighted by Gasteiger charge is -2.06. The molecule has 0 fully saturated rings. The summed E-state index contributed by atoms with van der Waals surface area (Å²) in [5.41, 5.74) is 2.67. The molecule has 0 bridgehead atoms. The van der Waals surface area contributed by atoms with E-state index >= 15 is 0 Å². The summed E-state index contributed by atoms with van der Waals surface area (Å²) in [7, 11) is -2.50. The van der Waals surface area contributed by atoms with Crippen LogP contribution in [0.15, 0.2) is 42.5 Å². The van der Waals surface area contributed by atoms with Crippen LogP contribution in [0.3, 0.4) is 0 Å². The number of hydrogen-bond acceptors (Lipinski definition) is 4. The van der Waals surface area contributed by atoms with Gasteiger partial charge in [-0.15, -0.1) is 0 Å². The van der Waals surface area contributed by atoms with E-state index < -0.39 is 22.5 Å². The fourth-order valence-corrected chi connectivity index (χ4v) is 3.16. The highest BCUT2D eigenvalue weighted by Gasteiger charge is 2.27. The summed E-state index contributed by atoms with van der Waals surface area (Å²) in [6, 6.07) is 10.9. The summed E-state index contributed by atoms with van der Waals surface area (Å²) in [4.78, 5) is 12.1. The summed E-state index contributed by atoms with van der Waals surface area (Å²) in [6.07, 6.45) is 0. The third-order valence-corrected chi connectivity index (χ3v) is 4.61. The Morgan fingerprint density at radius 3 is 2.38 bits per heavy atom. The maximum Gasteiger partial charge on any atom is 0.339 e. The Kier molecular flexibility index (Phi) is 4.69. The molecule has 0 N–H and O–H groups in total. The van der Waals surface area contributed by atoms with Crippen molar-refractivity contribution in [2.24, 2.45) is 0 Å². The molecule has 4 nitrogen and oxygen atoms in total. The van der Waals surface area contributed by atoms with Crippen molar-refractivity contribution in [2.75, 3.05) is 6.61 Å². The van der Waals surface area contributed by atoms with Gasteiger partial charge in [0.2, 0.25) is 0 Å². The Bertz CT molecular complexity index is 909. The van der Waals surface area contributed by atoms with Crippen LogP contribution < -0.4 is 0 Å². The van der Waals surface area contributed by atoms with Crippen LogP contribution in [-0.4, -0.2) is 21.0 Å². The van der Waals surface area contributed by atoms with Crippen LogP contribution in [0.4, 0.5) is 4.39 Å².